The molecule has 0 saturated carbocycles. The van der Waals surface area contributed by atoms with Gasteiger partial charge in [0, 0.05) is 32.9 Å². The molecular formula is C12H18N4O3S. The van der Waals surface area contributed by atoms with Gasteiger partial charge in [-0.25, -0.2) is 13.4 Å². The molecule has 0 bridgehead atoms. The molecule has 3 rings (SSSR count). The number of imidazole rings is 1. The van der Waals surface area contributed by atoms with Crippen LogP contribution in [0.3, 0.4) is 0 Å². The maximum atomic E-state index is 12.6. The van der Waals surface area contributed by atoms with Gasteiger partial charge in [0.15, 0.2) is 5.03 Å². The Kier molecular flexibility index (Phi) is 3.09. The van der Waals surface area contributed by atoms with Gasteiger partial charge in [-0.05, 0) is 19.3 Å². The van der Waals surface area contributed by atoms with E-state index in [0.29, 0.717) is 25.9 Å². The minimum atomic E-state index is -3.61. The van der Waals surface area contributed by atoms with Crippen molar-refractivity contribution in [2.24, 2.45) is 12.5 Å². The second kappa shape index (κ2) is 4.56. The van der Waals surface area contributed by atoms with Crippen molar-refractivity contribution >= 4 is 15.9 Å². The highest BCUT2D eigenvalue weighted by atomic mass is 32.2. The Morgan fingerprint density at radius 1 is 1.40 bits per heavy atom. The molecule has 8 heteroatoms. The van der Waals surface area contributed by atoms with E-state index >= 15 is 0 Å². The quantitative estimate of drug-likeness (QED) is 0.813. The van der Waals surface area contributed by atoms with Crippen LogP contribution < -0.4 is 5.32 Å². The normalized spacial score (nSPS) is 27.9. The summed E-state index contributed by atoms with van der Waals surface area (Å²) in [6.45, 7) is 1.35. The number of rotatable bonds is 2. The number of piperidine rings is 1. The van der Waals surface area contributed by atoms with Crippen LogP contribution in [0, 0.1) is 5.41 Å². The molecule has 1 N–H and O–H groups in total. The van der Waals surface area contributed by atoms with Gasteiger partial charge in [0.2, 0.25) is 5.91 Å². The van der Waals surface area contributed by atoms with Crippen molar-refractivity contribution in [3.05, 3.63) is 12.5 Å². The van der Waals surface area contributed by atoms with Gasteiger partial charge < -0.3 is 9.88 Å². The van der Waals surface area contributed by atoms with E-state index in [-0.39, 0.29) is 17.5 Å². The van der Waals surface area contributed by atoms with Crippen molar-refractivity contribution < 1.29 is 13.2 Å². The topological polar surface area (TPSA) is 84.3 Å². The van der Waals surface area contributed by atoms with Crippen molar-refractivity contribution in [1.29, 1.82) is 0 Å². The monoisotopic (exact) mass is 298 g/mol. The minimum Gasteiger partial charge on any atom is -0.356 e. The number of aryl methyl sites for hydroxylation is 1. The highest BCUT2D eigenvalue weighted by Crippen LogP contribution is 2.38. The average Bonchev–Trinajstić information content (AvgIpc) is 2.99. The molecule has 2 fully saturated rings. The first kappa shape index (κ1) is 13.6. The molecule has 1 atom stereocenters. The number of sulfonamides is 1. The summed E-state index contributed by atoms with van der Waals surface area (Å²) in [7, 11) is -1.88. The standard InChI is InChI=1S/C12H18N4O3S/c1-15-7-10(14-9-15)20(18,19)16-6-2-3-12(8-16)4-5-13-11(12)17/h7,9H,2-6,8H2,1H3,(H,13,17). The first-order chi connectivity index (χ1) is 9.44. The summed E-state index contributed by atoms with van der Waals surface area (Å²) >= 11 is 0. The number of hydrogen-bond acceptors (Lipinski definition) is 4. The van der Waals surface area contributed by atoms with Gasteiger partial charge in [-0.15, -0.1) is 0 Å². The molecule has 2 saturated heterocycles. The number of carbonyl (C=O) groups is 1. The second-order valence-electron chi connectivity index (χ2n) is 5.61. The molecule has 110 valence electrons. The van der Waals surface area contributed by atoms with Crippen LogP contribution in [0.5, 0.6) is 0 Å². The third kappa shape index (κ3) is 2.03. The lowest BCUT2D eigenvalue weighted by molar-refractivity contribution is -0.129. The Hall–Kier alpha value is -1.41. The van der Waals surface area contributed by atoms with E-state index in [1.165, 1.54) is 16.8 Å². The van der Waals surface area contributed by atoms with Gasteiger partial charge in [-0.1, -0.05) is 0 Å². The highest BCUT2D eigenvalue weighted by molar-refractivity contribution is 7.89. The van der Waals surface area contributed by atoms with Gasteiger partial charge in [-0.3, -0.25) is 4.79 Å². The van der Waals surface area contributed by atoms with Gasteiger partial charge >= 0.3 is 0 Å². The molecule has 0 aliphatic carbocycles. The second-order valence-corrected chi connectivity index (χ2v) is 7.49. The first-order valence-corrected chi connectivity index (χ1v) is 8.14. The summed E-state index contributed by atoms with van der Waals surface area (Å²) in [5.41, 5.74) is -0.542. The van der Waals surface area contributed by atoms with Crippen molar-refractivity contribution in [2.75, 3.05) is 19.6 Å². The van der Waals surface area contributed by atoms with Crippen LogP contribution in [0.1, 0.15) is 19.3 Å². The Labute approximate surface area is 118 Å². The van der Waals surface area contributed by atoms with Crippen LogP contribution in [0.25, 0.3) is 0 Å². The van der Waals surface area contributed by atoms with Crippen molar-refractivity contribution in [3.8, 4) is 0 Å². The van der Waals surface area contributed by atoms with Gasteiger partial charge in [0.1, 0.15) is 0 Å². The van der Waals surface area contributed by atoms with Crippen molar-refractivity contribution in [1.82, 2.24) is 19.2 Å². The van der Waals surface area contributed by atoms with E-state index in [9.17, 15) is 13.2 Å². The number of hydrogen-bond donors (Lipinski definition) is 1. The molecule has 20 heavy (non-hydrogen) atoms. The molecule has 0 aromatic carbocycles. The molecule has 1 unspecified atom stereocenters. The van der Waals surface area contributed by atoms with Crippen LogP contribution in [-0.4, -0.2) is 47.8 Å². The molecule has 3 heterocycles. The SMILES string of the molecule is Cn1cnc(S(=O)(=O)N2CCCC3(CCNC3=O)C2)c1. The zero-order valence-corrected chi connectivity index (χ0v) is 12.2. The van der Waals surface area contributed by atoms with Crippen LogP contribution in [0.4, 0.5) is 0 Å². The van der Waals surface area contributed by atoms with Gasteiger partial charge in [0.25, 0.3) is 10.0 Å². The molecule has 2 aliphatic rings. The largest absolute Gasteiger partial charge is 0.356 e. The van der Waals surface area contributed by atoms with E-state index in [0.717, 1.165) is 6.42 Å². The van der Waals surface area contributed by atoms with E-state index in [1.807, 2.05) is 0 Å². The Bertz CT molecular complexity index is 639. The Morgan fingerprint density at radius 2 is 2.20 bits per heavy atom. The summed E-state index contributed by atoms with van der Waals surface area (Å²) in [4.78, 5) is 15.9. The molecule has 1 spiro atoms. The fraction of sp³-hybridized carbons (Fsp3) is 0.667. The molecule has 7 nitrogen and oxygen atoms in total. The molecular weight excluding hydrogens is 280 g/mol. The molecule has 1 aromatic rings. The predicted molar refractivity (Wildman–Crippen MR) is 71.3 cm³/mol. The maximum absolute atomic E-state index is 12.6. The molecule has 0 radical (unpaired) electrons. The Balaban J connectivity index is 1.89. The summed E-state index contributed by atoms with van der Waals surface area (Å²) in [5, 5.41) is 2.87. The van der Waals surface area contributed by atoms with Crippen LogP contribution in [0.2, 0.25) is 0 Å². The molecule has 2 aliphatic heterocycles. The van der Waals surface area contributed by atoms with E-state index < -0.39 is 15.4 Å². The lowest BCUT2D eigenvalue weighted by Gasteiger charge is -2.37. The van der Waals surface area contributed by atoms with E-state index in [1.54, 1.807) is 11.6 Å². The van der Waals surface area contributed by atoms with Gasteiger partial charge in [-0.2, -0.15) is 4.31 Å². The lowest BCUT2D eigenvalue weighted by Crippen LogP contribution is -2.49. The average molecular weight is 298 g/mol. The number of amides is 1. The summed E-state index contributed by atoms with van der Waals surface area (Å²) in [6, 6.07) is 0. The summed E-state index contributed by atoms with van der Waals surface area (Å²) in [6.07, 6.45) is 5.13. The first-order valence-electron chi connectivity index (χ1n) is 6.70. The van der Waals surface area contributed by atoms with Crippen molar-refractivity contribution in [2.45, 2.75) is 24.3 Å². The lowest BCUT2D eigenvalue weighted by atomic mass is 9.79. The van der Waals surface area contributed by atoms with Gasteiger partial charge in [0.05, 0.1) is 11.7 Å². The molecule has 1 amide bonds. The van der Waals surface area contributed by atoms with Crippen LogP contribution >= 0.6 is 0 Å². The number of nitrogens with one attached hydrogen (secondary N) is 1. The summed E-state index contributed by atoms with van der Waals surface area (Å²) in [5.74, 6) is -0.0154. The highest BCUT2D eigenvalue weighted by Gasteiger charge is 2.48. The Morgan fingerprint density at radius 3 is 2.80 bits per heavy atom. The zero-order chi connectivity index (χ0) is 14.4. The maximum Gasteiger partial charge on any atom is 0.262 e. The zero-order valence-electron chi connectivity index (χ0n) is 11.4. The fourth-order valence-electron chi connectivity index (χ4n) is 3.05. The van der Waals surface area contributed by atoms with Crippen molar-refractivity contribution in [3.63, 3.8) is 0 Å². The van der Waals surface area contributed by atoms with E-state index in [4.69, 9.17) is 0 Å². The van der Waals surface area contributed by atoms with E-state index in [2.05, 4.69) is 10.3 Å². The summed E-state index contributed by atoms with van der Waals surface area (Å²) < 4.78 is 28.1. The minimum absolute atomic E-state index is 0.0154. The third-order valence-corrected chi connectivity index (χ3v) is 5.93. The van der Waals surface area contributed by atoms with Crippen LogP contribution in [0.15, 0.2) is 17.6 Å². The molecule has 1 aromatic heterocycles. The number of carbonyl (C=O) groups excluding carboxylic acids is 1. The number of nitrogens with zero attached hydrogens (tertiary/aromatic N) is 3. The predicted octanol–water partition coefficient (Wildman–Crippen LogP) is -0.289. The third-order valence-electron chi connectivity index (χ3n) is 4.20. The fourth-order valence-corrected chi connectivity index (χ4v) is 4.59. The number of aromatic nitrogens is 2. The van der Waals surface area contributed by atoms with Crippen LogP contribution in [-0.2, 0) is 21.9 Å². The smallest absolute Gasteiger partial charge is 0.262 e.